The van der Waals surface area contributed by atoms with Crippen molar-refractivity contribution in [3.05, 3.63) is 17.3 Å². The van der Waals surface area contributed by atoms with E-state index in [9.17, 15) is 4.79 Å². The first-order valence-electron chi connectivity index (χ1n) is 7.36. The Bertz CT molecular complexity index is 361. The molecule has 1 aromatic heterocycles. The van der Waals surface area contributed by atoms with Crippen LogP contribution >= 0.6 is 0 Å². The van der Waals surface area contributed by atoms with Gasteiger partial charge in [0, 0.05) is 19.3 Å². The first-order chi connectivity index (χ1) is 9.17. The summed E-state index contributed by atoms with van der Waals surface area (Å²) in [6, 6.07) is 0. The molecule has 0 aliphatic rings. The number of nitrogens with zero attached hydrogens (tertiary/aromatic N) is 1. The number of hydrogen-bond acceptors (Lipinski definition) is 3. The fourth-order valence-corrected chi connectivity index (χ4v) is 2.13. The van der Waals surface area contributed by atoms with Gasteiger partial charge in [0.2, 0.25) is 0 Å². The maximum absolute atomic E-state index is 10.4. The van der Waals surface area contributed by atoms with Crippen molar-refractivity contribution in [3.8, 4) is 0 Å². The molecule has 108 valence electrons. The maximum atomic E-state index is 10.4. The monoisotopic (exact) mass is 267 g/mol. The van der Waals surface area contributed by atoms with Crippen LogP contribution in [0.1, 0.15) is 69.7 Å². The number of aromatic nitrogens is 1. The highest BCUT2D eigenvalue weighted by Crippen LogP contribution is 2.17. The molecule has 0 aromatic carbocycles. The lowest BCUT2D eigenvalue weighted by Crippen LogP contribution is -1.94. The summed E-state index contributed by atoms with van der Waals surface area (Å²) in [5, 5.41) is 8.56. The Morgan fingerprint density at radius 2 is 1.84 bits per heavy atom. The smallest absolute Gasteiger partial charge is 0.303 e. The van der Waals surface area contributed by atoms with Crippen LogP contribution in [0, 0.1) is 0 Å². The van der Waals surface area contributed by atoms with Crippen molar-refractivity contribution in [1.29, 1.82) is 0 Å². The van der Waals surface area contributed by atoms with Crippen molar-refractivity contribution in [2.45, 2.75) is 71.6 Å². The van der Waals surface area contributed by atoms with Crippen LogP contribution in [0.3, 0.4) is 0 Å². The minimum absolute atomic E-state index is 0.258. The van der Waals surface area contributed by atoms with Crippen molar-refractivity contribution < 1.29 is 14.3 Å². The molecule has 1 heterocycles. The normalized spacial score (nSPS) is 10.8. The minimum atomic E-state index is -0.716. The van der Waals surface area contributed by atoms with Crippen molar-refractivity contribution in [3.63, 3.8) is 0 Å². The van der Waals surface area contributed by atoms with Gasteiger partial charge in [0.25, 0.3) is 0 Å². The van der Waals surface area contributed by atoms with E-state index in [4.69, 9.17) is 9.52 Å². The fourth-order valence-electron chi connectivity index (χ4n) is 2.13. The van der Waals surface area contributed by atoms with Crippen LogP contribution in [0.5, 0.6) is 0 Å². The quantitative estimate of drug-likeness (QED) is 0.655. The molecule has 4 nitrogen and oxygen atoms in total. The molecule has 0 saturated heterocycles. The van der Waals surface area contributed by atoms with E-state index in [1.54, 1.807) is 0 Å². The Balaban J connectivity index is 2.40. The number of hydrogen-bond donors (Lipinski definition) is 1. The van der Waals surface area contributed by atoms with Crippen molar-refractivity contribution in [2.24, 2.45) is 0 Å². The van der Waals surface area contributed by atoms with E-state index >= 15 is 0 Å². The minimum Gasteiger partial charge on any atom is -0.481 e. The molecule has 0 unspecified atom stereocenters. The Morgan fingerprint density at radius 1 is 1.11 bits per heavy atom. The number of oxazole rings is 1. The molecular formula is C15H25NO3. The highest BCUT2D eigenvalue weighted by Gasteiger charge is 2.11. The predicted octanol–water partition coefficient (Wildman–Crippen LogP) is 3.77. The molecule has 1 rings (SSSR count). The lowest BCUT2D eigenvalue weighted by molar-refractivity contribution is -0.137. The number of carbonyl (C=O) groups is 1. The number of unbranched alkanes of at least 4 members (excludes halogenated alkanes) is 2. The van der Waals surface area contributed by atoms with Crippen LogP contribution in [-0.2, 0) is 24.1 Å². The van der Waals surface area contributed by atoms with Gasteiger partial charge in [-0.05, 0) is 25.7 Å². The zero-order chi connectivity index (χ0) is 14.1. The first kappa shape index (κ1) is 15.7. The van der Waals surface area contributed by atoms with E-state index in [0.29, 0.717) is 0 Å². The molecule has 0 bridgehead atoms. The summed E-state index contributed by atoms with van der Waals surface area (Å²) < 4.78 is 5.81. The van der Waals surface area contributed by atoms with Gasteiger partial charge in [-0.25, -0.2) is 4.98 Å². The molecule has 0 aliphatic heterocycles. The summed E-state index contributed by atoms with van der Waals surface area (Å²) >= 11 is 0. The third-order valence-electron chi connectivity index (χ3n) is 3.07. The van der Waals surface area contributed by atoms with Crippen LogP contribution in [0.25, 0.3) is 0 Å². The summed E-state index contributed by atoms with van der Waals surface area (Å²) in [5.74, 6) is 1.15. The summed E-state index contributed by atoms with van der Waals surface area (Å²) in [6.45, 7) is 4.29. The molecular weight excluding hydrogens is 242 g/mol. The molecule has 19 heavy (non-hydrogen) atoms. The van der Waals surface area contributed by atoms with Gasteiger partial charge in [-0.1, -0.05) is 26.7 Å². The van der Waals surface area contributed by atoms with Crippen LogP contribution in [-0.4, -0.2) is 16.1 Å². The van der Waals surface area contributed by atoms with E-state index in [0.717, 1.165) is 68.7 Å². The van der Waals surface area contributed by atoms with Crippen LogP contribution in [0.15, 0.2) is 4.42 Å². The molecule has 0 saturated carbocycles. The zero-order valence-electron chi connectivity index (χ0n) is 12.1. The highest BCUT2D eigenvalue weighted by molar-refractivity contribution is 5.66. The largest absolute Gasteiger partial charge is 0.481 e. The number of aryl methyl sites for hydroxylation is 3. The fraction of sp³-hybridized carbons (Fsp3) is 0.733. The molecule has 4 heteroatoms. The standard InChI is InChI=1S/C15H25NO3/c1-3-8-12-13(9-4-2)19-14(16-12)10-6-5-7-11-15(17)18/h3-11H2,1-2H3,(H,17,18). The molecule has 0 radical (unpaired) electrons. The van der Waals surface area contributed by atoms with Crippen LogP contribution < -0.4 is 0 Å². The third-order valence-corrected chi connectivity index (χ3v) is 3.07. The molecule has 0 fully saturated rings. The summed E-state index contributed by atoms with van der Waals surface area (Å²) in [4.78, 5) is 15.0. The Kier molecular flexibility index (Phi) is 7.23. The van der Waals surface area contributed by atoms with Gasteiger partial charge < -0.3 is 9.52 Å². The first-order valence-corrected chi connectivity index (χ1v) is 7.36. The van der Waals surface area contributed by atoms with Crippen LogP contribution in [0.4, 0.5) is 0 Å². The average molecular weight is 267 g/mol. The van der Waals surface area contributed by atoms with E-state index in [2.05, 4.69) is 18.8 Å². The van der Waals surface area contributed by atoms with Crippen molar-refractivity contribution >= 4 is 5.97 Å². The van der Waals surface area contributed by atoms with E-state index in [1.807, 2.05) is 0 Å². The average Bonchev–Trinajstić information content (AvgIpc) is 2.72. The van der Waals surface area contributed by atoms with Gasteiger partial charge in [-0.2, -0.15) is 0 Å². The van der Waals surface area contributed by atoms with Gasteiger partial charge in [-0.3, -0.25) is 4.79 Å². The van der Waals surface area contributed by atoms with Gasteiger partial charge >= 0.3 is 5.97 Å². The van der Waals surface area contributed by atoms with Gasteiger partial charge in [0.15, 0.2) is 5.89 Å². The third kappa shape index (κ3) is 5.90. The second-order valence-corrected chi connectivity index (χ2v) is 4.93. The van der Waals surface area contributed by atoms with Crippen molar-refractivity contribution in [2.75, 3.05) is 0 Å². The maximum Gasteiger partial charge on any atom is 0.303 e. The lowest BCUT2D eigenvalue weighted by Gasteiger charge is -1.96. The summed E-state index contributed by atoms with van der Waals surface area (Å²) in [6.07, 6.45) is 7.78. The summed E-state index contributed by atoms with van der Waals surface area (Å²) in [5.41, 5.74) is 1.12. The Hall–Kier alpha value is -1.32. The van der Waals surface area contributed by atoms with E-state index in [1.165, 1.54) is 0 Å². The molecule has 0 atom stereocenters. The molecule has 1 aromatic rings. The summed E-state index contributed by atoms with van der Waals surface area (Å²) in [7, 11) is 0. The number of carboxylic acid groups (broad SMARTS) is 1. The van der Waals surface area contributed by atoms with E-state index < -0.39 is 5.97 Å². The number of aliphatic carboxylic acids is 1. The molecule has 0 aliphatic carbocycles. The number of carboxylic acids is 1. The molecule has 0 amide bonds. The van der Waals surface area contributed by atoms with Crippen molar-refractivity contribution in [1.82, 2.24) is 4.98 Å². The predicted molar refractivity (Wildman–Crippen MR) is 74.3 cm³/mol. The number of rotatable bonds is 10. The molecule has 0 spiro atoms. The van der Waals surface area contributed by atoms with Crippen LogP contribution in [0.2, 0.25) is 0 Å². The zero-order valence-corrected chi connectivity index (χ0v) is 12.1. The highest BCUT2D eigenvalue weighted by atomic mass is 16.4. The topological polar surface area (TPSA) is 63.3 Å². The van der Waals surface area contributed by atoms with Gasteiger partial charge in [0.1, 0.15) is 5.76 Å². The van der Waals surface area contributed by atoms with Gasteiger partial charge in [0.05, 0.1) is 5.69 Å². The SMILES string of the molecule is CCCc1nc(CCCCCC(=O)O)oc1CCC. The Labute approximate surface area is 115 Å². The lowest BCUT2D eigenvalue weighted by atomic mass is 10.1. The van der Waals surface area contributed by atoms with Gasteiger partial charge in [-0.15, -0.1) is 0 Å². The Morgan fingerprint density at radius 3 is 2.47 bits per heavy atom. The second kappa shape index (κ2) is 8.73. The second-order valence-electron chi connectivity index (χ2n) is 4.93. The van der Waals surface area contributed by atoms with E-state index in [-0.39, 0.29) is 6.42 Å². The molecule has 1 N–H and O–H groups in total.